The number of hydrogen-bond donors (Lipinski definition) is 2. The summed E-state index contributed by atoms with van der Waals surface area (Å²) in [5, 5.41) is 11.1. The summed E-state index contributed by atoms with van der Waals surface area (Å²) in [4.78, 5) is 34.9. The van der Waals surface area contributed by atoms with Crippen LogP contribution in [0.15, 0.2) is 109 Å². The van der Waals surface area contributed by atoms with Crippen LogP contribution >= 0.6 is 0 Å². The van der Waals surface area contributed by atoms with E-state index in [1.54, 1.807) is 0 Å². The molecule has 1 amide bonds. The van der Waals surface area contributed by atoms with Crippen molar-refractivity contribution < 1.29 is 24.2 Å². The van der Waals surface area contributed by atoms with E-state index in [0.29, 0.717) is 12.8 Å². The van der Waals surface area contributed by atoms with Gasteiger partial charge in [0.15, 0.2) is 0 Å². The van der Waals surface area contributed by atoms with E-state index in [1.807, 2.05) is 6.08 Å². The standard InChI is InChI=1S/C46H71NO5/c1-3-5-7-9-11-13-15-16-17-18-19-20-21-22-24-26-28-33-37-41-46(51)52-43(38-34-30-27-25-23-14-12-10-8-6-4-2)39-35-31-29-32-36-40-44(48)47-42-45(49)50/h5-8,11-14,16-17,19-20,22,24-25,27,34,38,43H,3-4,9-10,15,18,21,23,26,28-33,35-37,39-42H2,1-2H3,(H,47,48)(H,49,50)/b7-5-,8-6-,13-11-,14-12-,17-16-,20-19-,24-22-,27-25-,38-34-. The molecule has 0 aliphatic rings. The predicted molar refractivity (Wildman–Crippen MR) is 221 cm³/mol. The minimum atomic E-state index is -1.03. The molecule has 0 aliphatic heterocycles. The predicted octanol–water partition coefficient (Wildman–Crippen LogP) is 12.3. The summed E-state index contributed by atoms with van der Waals surface area (Å²) < 4.78 is 5.88. The van der Waals surface area contributed by atoms with Gasteiger partial charge in [0, 0.05) is 12.8 Å². The Labute approximate surface area is 317 Å². The van der Waals surface area contributed by atoms with E-state index in [9.17, 15) is 14.4 Å². The third-order valence-corrected chi connectivity index (χ3v) is 7.92. The molecule has 0 spiro atoms. The highest BCUT2D eigenvalue weighted by molar-refractivity contribution is 5.80. The van der Waals surface area contributed by atoms with E-state index >= 15 is 0 Å². The summed E-state index contributed by atoms with van der Waals surface area (Å²) in [7, 11) is 0. The van der Waals surface area contributed by atoms with Crippen LogP contribution in [-0.2, 0) is 19.1 Å². The minimum Gasteiger partial charge on any atom is -0.480 e. The number of ether oxygens (including phenoxy) is 1. The Morgan fingerprint density at radius 2 is 0.942 bits per heavy atom. The maximum Gasteiger partial charge on any atom is 0.322 e. The van der Waals surface area contributed by atoms with Crippen molar-refractivity contribution in [3.63, 3.8) is 0 Å². The third kappa shape index (κ3) is 38.9. The van der Waals surface area contributed by atoms with Gasteiger partial charge in [-0.25, -0.2) is 0 Å². The molecule has 290 valence electrons. The molecule has 0 aromatic heterocycles. The summed E-state index contributed by atoms with van der Waals surface area (Å²) in [6, 6.07) is 0. The first-order valence-corrected chi connectivity index (χ1v) is 20.0. The van der Waals surface area contributed by atoms with E-state index in [-0.39, 0.29) is 24.5 Å². The van der Waals surface area contributed by atoms with Gasteiger partial charge in [-0.05, 0) is 102 Å². The van der Waals surface area contributed by atoms with Crippen LogP contribution in [0.4, 0.5) is 0 Å². The van der Waals surface area contributed by atoms with Gasteiger partial charge in [-0.2, -0.15) is 0 Å². The molecular weight excluding hydrogens is 647 g/mol. The summed E-state index contributed by atoms with van der Waals surface area (Å²) in [6.07, 6.45) is 57.9. The first-order valence-electron chi connectivity index (χ1n) is 20.0. The summed E-state index contributed by atoms with van der Waals surface area (Å²) in [5.74, 6) is -1.38. The second kappa shape index (κ2) is 39.8. The fourth-order valence-corrected chi connectivity index (χ4v) is 5.04. The van der Waals surface area contributed by atoms with Crippen LogP contribution in [0.5, 0.6) is 0 Å². The van der Waals surface area contributed by atoms with Gasteiger partial charge in [-0.1, -0.05) is 143 Å². The Hall–Kier alpha value is -3.93. The topological polar surface area (TPSA) is 92.7 Å². The molecule has 0 saturated heterocycles. The van der Waals surface area contributed by atoms with E-state index in [2.05, 4.69) is 122 Å². The van der Waals surface area contributed by atoms with Gasteiger partial charge in [-0.3, -0.25) is 14.4 Å². The van der Waals surface area contributed by atoms with Crippen LogP contribution in [-0.4, -0.2) is 35.6 Å². The summed E-state index contributed by atoms with van der Waals surface area (Å²) in [6.45, 7) is 3.96. The zero-order valence-electron chi connectivity index (χ0n) is 32.6. The molecule has 2 N–H and O–H groups in total. The lowest BCUT2D eigenvalue weighted by Crippen LogP contribution is -2.28. The Bertz CT molecular complexity index is 1150. The van der Waals surface area contributed by atoms with E-state index in [4.69, 9.17) is 9.84 Å². The highest BCUT2D eigenvalue weighted by Crippen LogP contribution is 2.14. The maximum absolute atomic E-state index is 12.7. The third-order valence-electron chi connectivity index (χ3n) is 7.92. The van der Waals surface area contributed by atoms with Crippen molar-refractivity contribution in [1.82, 2.24) is 5.32 Å². The lowest BCUT2D eigenvalue weighted by molar-refractivity contribution is -0.147. The van der Waals surface area contributed by atoms with Crippen molar-refractivity contribution in [3.05, 3.63) is 109 Å². The molecule has 6 nitrogen and oxygen atoms in total. The normalized spacial score (nSPS) is 13.3. The van der Waals surface area contributed by atoms with E-state index in [0.717, 1.165) is 122 Å². The van der Waals surface area contributed by atoms with Crippen molar-refractivity contribution in [2.45, 2.75) is 155 Å². The number of carbonyl (C=O) groups excluding carboxylic acids is 2. The number of unbranched alkanes of at least 4 members (excludes halogenated alkanes) is 7. The molecule has 0 aliphatic carbocycles. The van der Waals surface area contributed by atoms with Gasteiger partial charge < -0.3 is 15.2 Å². The van der Waals surface area contributed by atoms with Crippen molar-refractivity contribution in [2.75, 3.05) is 6.54 Å². The average molecular weight is 718 g/mol. The Balaban J connectivity index is 4.38. The lowest BCUT2D eigenvalue weighted by Gasteiger charge is -2.14. The highest BCUT2D eigenvalue weighted by Gasteiger charge is 2.11. The van der Waals surface area contributed by atoms with Gasteiger partial charge in [0.2, 0.25) is 5.91 Å². The number of esters is 1. The van der Waals surface area contributed by atoms with Crippen LogP contribution in [0.2, 0.25) is 0 Å². The monoisotopic (exact) mass is 718 g/mol. The highest BCUT2D eigenvalue weighted by atomic mass is 16.5. The van der Waals surface area contributed by atoms with Crippen LogP contribution in [0.25, 0.3) is 0 Å². The first kappa shape index (κ1) is 48.1. The van der Waals surface area contributed by atoms with Crippen LogP contribution in [0.3, 0.4) is 0 Å². The molecule has 0 fully saturated rings. The molecule has 52 heavy (non-hydrogen) atoms. The van der Waals surface area contributed by atoms with Crippen molar-refractivity contribution in [2.24, 2.45) is 0 Å². The van der Waals surface area contributed by atoms with Crippen LogP contribution in [0, 0.1) is 0 Å². The van der Waals surface area contributed by atoms with Crippen molar-refractivity contribution >= 4 is 17.8 Å². The second-order valence-corrected chi connectivity index (χ2v) is 12.8. The number of amides is 1. The molecule has 0 aromatic rings. The number of carbonyl (C=O) groups is 3. The smallest absolute Gasteiger partial charge is 0.322 e. The number of hydrogen-bond acceptors (Lipinski definition) is 4. The Morgan fingerprint density at radius 3 is 1.46 bits per heavy atom. The van der Waals surface area contributed by atoms with Crippen molar-refractivity contribution in [3.8, 4) is 0 Å². The van der Waals surface area contributed by atoms with Gasteiger partial charge in [0.25, 0.3) is 0 Å². The molecule has 1 atom stereocenters. The minimum absolute atomic E-state index is 0.130. The van der Waals surface area contributed by atoms with Gasteiger partial charge in [-0.15, -0.1) is 0 Å². The number of carboxylic acid groups (broad SMARTS) is 1. The number of rotatable bonds is 34. The van der Waals surface area contributed by atoms with Crippen LogP contribution < -0.4 is 5.32 Å². The molecule has 1 unspecified atom stereocenters. The fraction of sp³-hybridized carbons (Fsp3) is 0.543. The first-order chi connectivity index (χ1) is 25.5. The van der Waals surface area contributed by atoms with E-state index in [1.165, 1.54) is 0 Å². The lowest BCUT2D eigenvalue weighted by atomic mass is 10.1. The summed E-state index contributed by atoms with van der Waals surface area (Å²) >= 11 is 0. The van der Waals surface area contributed by atoms with E-state index < -0.39 is 5.97 Å². The zero-order valence-corrected chi connectivity index (χ0v) is 32.6. The molecule has 6 heteroatoms. The molecule has 0 saturated carbocycles. The quantitative estimate of drug-likeness (QED) is 0.0393. The Morgan fingerprint density at radius 1 is 0.519 bits per heavy atom. The molecule has 0 radical (unpaired) electrons. The van der Waals surface area contributed by atoms with Gasteiger partial charge in [0.05, 0.1) is 0 Å². The fourth-order valence-electron chi connectivity index (χ4n) is 5.04. The second-order valence-electron chi connectivity index (χ2n) is 12.8. The molecule has 0 bridgehead atoms. The van der Waals surface area contributed by atoms with Crippen molar-refractivity contribution in [1.29, 1.82) is 0 Å². The Kier molecular flexibility index (Phi) is 36.8. The molecular formula is C46H71NO5. The number of aliphatic carboxylic acids is 1. The molecule has 0 rings (SSSR count). The van der Waals surface area contributed by atoms with Crippen LogP contribution in [0.1, 0.15) is 149 Å². The molecule has 0 heterocycles. The number of nitrogens with one attached hydrogen (secondary N) is 1. The van der Waals surface area contributed by atoms with Gasteiger partial charge in [0.1, 0.15) is 12.6 Å². The zero-order chi connectivity index (χ0) is 38.0. The largest absolute Gasteiger partial charge is 0.480 e. The summed E-state index contributed by atoms with van der Waals surface area (Å²) in [5.41, 5.74) is 0. The number of carboxylic acids is 1. The SMILES string of the molecule is CC/C=C\C/C=C\C/C=C\C/C=C\C/C=C\CCCCCC(=O)OC(/C=C\C/C=C\C/C=C\C/C=C\CC)CCCCCCCC(=O)NCC(=O)O. The van der Waals surface area contributed by atoms with Gasteiger partial charge >= 0.3 is 11.9 Å². The molecule has 0 aromatic carbocycles. The average Bonchev–Trinajstić information content (AvgIpc) is 3.13. The number of allylic oxidation sites excluding steroid dienone is 17. The maximum atomic E-state index is 12.7.